The highest BCUT2D eigenvalue weighted by molar-refractivity contribution is 5.85. The van der Waals surface area contributed by atoms with Gasteiger partial charge < -0.3 is 10.6 Å². The average Bonchev–Trinajstić information content (AvgIpc) is 2.77. The molecule has 2 aliphatic rings. The lowest BCUT2D eigenvalue weighted by atomic mass is 10.1. The van der Waals surface area contributed by atoms with Crippen molar-refractivity contribution in [3.8, 4) is 0 Å². The van der Waals surface area contributed by atoms with E-state index in [4.69, 9.17) is 5.73 Å². The molecule has 0 amide bonds. The number of piperazine rings is 1. The zero-order valence-electron chi connectivity index (χ0n) is 10.0. The number of anilines is 2. The molecule has 2 heterocycles. The van der Waals surface area contributed by atoms with Gasteiger partial charge in [0.2, 0.25) is 0 Å². The van der Waals surface area contributed by atoms with Gasteiger partial charge in [0.25, 0.3) is 0 Å². The molecule has 0 saturated carbocycles. The molecule has 3 rings (SSSR count). The van der Waals surface area contributed by atoms with Gasteiger partial charge in [-0.1, -0.05) is 0 Å². The SMILES string of the molecule is Cl.Nc1ccc(N2CCN3CCCC3C2)cc1. The molecule has 1 unspecified atom stereocenters. The third kappa shape index (κ3) is 2.50. The van der Waals surface area contributed by atoms with Crippen LogP contribution in [0.5, 0.6) is 0 Å². The number of halogens is 1. The van der Waals surface area contributed by atoms with E-state index in [0.29, 0.717) is 0 Å². The van der Waals surface area contributed by atoms with Crippen LogP contribution in [0.25, 0.3) is 0 Å². The Kier molecular flexibility index (Phi) is 3.79. The molecular formula is C13H20ClN3. The van der Waals surface area contributed by atoms with Gasteiger partial charge in [-0.25, -0.2) is 0 Å². The molecular weight excluding hydrogens is 234 g/mol. The van der Waals surface area contributed by atoms with Crippen molar-refractivity contribution in [1.29, 1.82) is 0 Å². The van der Waals surface area contributed by atoms with Crippen LogP contribution < -0.4 is 10.6 Å². The second-order valence-corrected chi connectivity index (χ2v) is 4.87. The number of nitrogens with zero attached hydrogens (tertiary/aromatic N) is 2. The maximum absolute atomic E-state index is 5.71. The van der Waals surface area contributed by atoms with Crippen molar-refractivity contribution in [2.45, 2.75) is 18.9 Å². The average molecular weight is 254 g/mol. The van der Waals surface area contributed by atoms with Gasteiger partial charge in [0.15, 0.2) is 0 Å². The van der Waals surface area contributed by atoms with Gasteiger partial charge in [-0.15, -0.1) is 12.4 Å². The van der Waals surface area contributed by atoms with E-state index < -0.39 is 0 Å². The van der Waals surface area contributed by atoms with Gasteiger partial charge >= 0.3 is 0 Å². The number of rotatable bonds is 1. The predicted molar refractivity (Wildman–Crippen MR) is 74.9 cm³/mol. The van der Waals surface area contributed by atoms with Gasteiger partial charge in [0.1, 0.15) is 0 Å². The Morgan fingerprint density at radius 2 is 1.82 bits per heavy atom. The van der Waals surface area contributed by atoms with Crippen molar-refractivity contribution >= 4 is 23.8 Å². The van der Waals surface area contributed by atoms with Crippen molar-refractivity contribution in [3.05, 3.63) is 24.3 Å². The van der Waals surface area contributed by atoms with E-state index in [1.807, 2.05) is 12.1 Å². The molecule has 0 radical (unpaired) electrons. The largest absolute Gasteiger partial charge is 0.399 e. The summed E-state index contributed by atoms with van der Waals surface area (Å²) in [6, 6.07) is 9.05. The number of nitrogens with two attached hydrogens (primary N) is 1. The van der Waals surface area contributed by atoms with E-state index in [2.05, 4.69) is 21.9 Å². The molecule has 0 spiro atoms. The molecule has 0 bridgehead atoms. The first-order chi connectivity index (χ1) is 7.83. The van der Waals surface area contributed by atoms with E-state index in [0.717, 1.165) is 18.3 Å². The summed E-state index contributed by atoms with van der Waals surface area (Å²) in [6.45, 7) is 4.86. The molecule has 2 N–H and O–H groups in total. The van der Waals surface area contributed by atoms with Crippen LogP contribution in [0.15, 0.2) is 24.3 Å². The number of fused-ring (bicyclic) bond motifs is 1. The summed E-state index contributed by atoms with van der Waals surface area (Å²) >= 11 is 0. The van der Waals surface area contributed by atoms with Gasteiger partial charge in [-0.2, -0.15) is 0 Å². The smallest absolute Gasteiger partial charge is 0.0368 e. The summed E-state index contributed by atoms with van der Waals surface area (Å²) < 4.78 is 0. The summed E-state index contributed by atoms with van der Waals surface area (Å²) in [5.74, 6) is 0. The zero-order chi connectivity index (χ0) is 11.0. The lowest BCUT2D eigenvalue weighted by Crippen LogP contribution is -2.50. The summed E-state index contributed by atoms with van der Waals surface area (Å²) in [7, 11) is 0. The number of benzene rings is 1. The molecule has 1 aromatic rings. The minimum atomic E-state index is 0. The highest BCUT2D eigenvalue weighted by atomic mass is 35.5. The molecule has 2 aliphatic heterocycles. The van der Waals surface area contributed by atoms with Crippen LogP contribution in [-0.4, -0.2) is 37.1 Å². The molecule has 1 atom stereocenters. The van der Waals surface area contributed by atoms with Crippen molar-refractivity contribution in [1.82, 2.24) is 4.90 Å². The fraction of sp³-hybridized carbons (Fsp3) is 0.538. The van der Waals surface area contributed by atoms with E-state index in [9.17, 15) is 0 Å². The standard InChI is InChI=1S/C13H19N3.ClH/c14-11-3-5-12(6-4-11)16-9-8-15-7-1-2-13(15)10-16;/h3-6,13H,1-2,7-10,14H2;1H. The molecule has 1 aromatic carbocycles. The van der Waals surface area contributed by atoms with Gasteiger partial charge in [-0.3, -0.25) is 4.90 Å². The zero-order valence-corrected chi connectivity index (χ0v) is 10.8. The molecule has 2 fully saturated rings. The Balaban J connectivity index is 0.00000108. The Bertz CT molecular complexity index is 365. The second kappa shape index (κ2) is 5.15. The van der Waals surface area contributed by atoms with Crippen LogP contribution in [0, 0.1) is 0 Å². The molecule has 94 valence electrons. The number of nitrogen functional groups attached to an aromatic ring is 1. The Morgan fingerprint density at radius 3 is 2.59 bits per heavy atom. The summed E-state index contributed by atoms with van der Waals surface area (Å²) in [5, 5.41) is 0. The lowest BCUT2D eigenvalue weighted by molar-refractivity contribution is 0.231. The fourth-order valence-electron chi connectivity index (χ4n) is 2.91. The first-order valence-electron chi connectivity index (χ1n) is 6.17. The van der Waals surface area contributed by atoms with Crippen LogP contribution in [0.1, 0.15) is 12.8 Å². The first-order valence-corrected chi connectivity index (χ1v) is 6.17. The minimum Gasteiger partial charge on any atom is -0.399 e. The van der Waals surface area contributed by atoms with Crippen LogP contribution >= 0.6 is 12.4 Å². The van der Waals surface area contributed by atoms with E-state index in [-0.39, 0.29) is 12.4 Å². The molecule has 3 nitrogen and oxygen atoms in total. The molecule has 0 aliphatic carbocycles. The molecule has 4 heteroatoms. The molecule has 2 saturated heterocycles. The van der Waals surface area contributed by atoms with Crippen LogP contribution in [-0.2, 0) is 0 Å². The van der Waals surface area contributed by atoms with Gasteiger partial charge in [0.05, 0.1) is 0 Å². The highest BCUT2D eigenvalue weighted by Crippen LogP contribution is 2.25. The van der Waals surface area contributed by atoms with Crippen LogP contribution in [0.4, 0.5) is 11.4 Å². The van der Waals surface area contributed by atoms with E-state index in [1.54, 1.807) is 0 Å². The molecule has 0 aromatic heterocycles. The van der Waals surface area contributed by atoms with Gasteiger partial charge in [-0.05, 0) is 43.7 Å². The lowest BCUT2D eigenvalue weighted by Gasteiger charge is -2.38. The summed E-state index contributed by atoms with van der Waals surface area (Å²) in [5.41, 5.74) is 7.89. The van der Waals surface area contributed by atoms with Crippen molar-refractivity contribution in [3.63, 3.8) is 0 Å². The summed E-state index contributed by atoms with van der Waals surface area (Å²) in [4.78, 5) is 5.12. The minimum absolute atomic E-state index is 0. The van der Waals surface area contributed by atoms with Crippen molar-refractivity contribution < 1.29 is 0 Å². The number of hydrogen-bond donors (Lipinski definition) is 1. The topological polar surface area (TPSA) is 32.5 Å². The van der Waals surface area contributed by atoms with Gasteiger partial charge in [0, 0.05) is 37.1 Å². The third-order valence-electron chi connectivity index (χ3n) is 3.85. The first kappa shape index (κ1) is 12.5. The maximum atomic E-state index is 5.71. The fourth-order valence-corrected chi connectivity index (χ4v) is 2.91. The maximum Gasteiger partial charge on any atom is 0.0368 e. The van der Waals surface area contributed by atoms with E-state index >= 15 is 0 Å². The monoisotopic (exact) mass is 253 g/mol. The second-order valence-electron chi connectivity index (χ2n) is 4.87. The number of hydrogen-bond acceptors (Lipinski definition) is 3. The van der Waals surface area contributed by atoms with Crippen molar-refractivity contribution in [2.24, 2.45) is 0 Å². The normalized spacial score (nSPS) is 24.2. The van der Waals surface area contributed by atoms with Crippen LogP contribution in [0.3, 0.4) is 0 Å². The summed E-state index contributed by atoms with van der Waals surface area (Å²) in [6.07, 6.45) is 2.74. The molecule has 17 heavy (non-hydrogen) atoms. The Labute approximate surface area is 109 Å². The highest BCUT2D eigenvalue weighted by Gasteiger charge is 2.30. The Hall–Kier alpha value is -0.930. The van der Waals surface area contributed by atoms with Crippen molar-refractivity contribution in [2.75, 3.05) is 36.8 Å². The quantitative estimate of drug-likeness (QED) is 0.777. The Morgan fingerprint density at radius 1 is 1.06 bits per heavy atom. The third-order valence-corrected chi connectivity index (χ3v) is 3.85. The van der Waals surface area contributed by atoms with E-state index in [1.165, 1.54) is 38.2 Å². The predicted octanol–water partition coefficient (Wildman–Crippen LogP) is 1.98. The van der Waals surface area contributed by atoms with Crippen LogP contribution in [0.2, 0.25) is 0 Å².